The third-order valence-corrected chi connectivity index (χ3v) is 1.05. The van der Waals surface area contributed by atoms with E-state index in [1.807, 2.05) is 13.8 Å². The minimum Gasteiger partial charge on any atom is -0.506 e. The minimum absolute atomic E-state index is 0.0244. The van der Waals surface area contributed by atoms with Crippen molar-refractivity contribution in [1.82, 2.24) is 4.98 Å². The lowest BCUT2D eigenvalue weighted by Gasteiger charge is -1.93. The van der Waals surface area contributed by atoms with Crippen molar-refractivity contribution < 1.29 is 9.50 Å². The zero-order chi connectivity index (χ0) is 8.85. The second-order valence-corrected chi connectivity index (χ2v) is 1.79. The summed E-state index contributed by atoms with van der Waals surface area (Å²) in [5.74, 6) is -0.540. The second-order valence-electron chi connectivity index (χ2n) is 1.79. The molecule has 0 amide bonds. The van der Waals surface area contributed by atoms with Gasteiger partial charge in [-0.3, -0.25) is 0 Å². The standard InChI is InChI=1S/C6H6FNO.C2H6/c1-4-2-6(7)8-3-5(4)9;1-2/h2-3,9H,1H3;1-2H3. The Bertz CT molecular complexity index is 225. The first-order valence-corrected chi connectivity index (χ1v) is 3.51. The SMILES string of the molecule is CC.Cc1cc(F)ncc1O. The third-order valence-electron chi connectivity index (χ3n) is 1.05. The average molecular weight is 157 g/mol. The molecule has 1 heterocycles. The number of aromatic nitrogens is 1. The van der Waals surface area contributed by atoms with Crippen LogP contribution in [-0.2, 0) is 0 Å². The molecule has 0 fully saturated rings. The van der Waals surface area contributed by atoms with Crippen molar-refractivity contribution in [1.29, 1.82) is 0 Å². The molecule has 0 atom stereocenters. The van der Waals surface area contributed by atoms with Crippen LogP contribution in [0.2, 0.25) is 0 Å². The van der Waals surface area contributed by atoms with E-state index >= 15 is 0 Å². The van der Waals surface area contributed by atoms with E-state index in [9.17, 15) is 4.39 Å². The Hall–Kier alpha value is -1.12. The molecule has 0 spiro atoms. The van der Waals surface area contributed by atoms with Crippen LogP contribution >= 0.6 is 0 Å². The molecule has 0 aliphatic heterocycles. The van der Waals surface area contributed by atoms with Gasteiger partial charge >= 0.3 is 0 Å². The van der Waals surface area contributed by atoms with E-state index < -0.39 is 5.95 Å². The van der Waals surface area contributed by atoms with Gasteiger partial charge in [0.05, 0.1) is 6.20 Å². The van der Waals surface area contributed by atoms with Gasteiger partial charge in [-0.1, -0.05) is 13.8 Å². The molecule has 0 aliphatic carbocycles. The summed E-state index contributed by atoms with van der Waals surface area (Å²) in [6.07, 6.45) is 1.09. The normalized spacial score (nSPS) is 8.36. The van der Waals surface area contributed by atoms with E-state index in [2.05, 4.69) is 4.98 Å². The summed E-state index contributed by atoms with van der Waals surface area (Å²) >= 11 is 0. The summed E-state index contributed by atoms with van der Waals surface area (Å²) in [7, 11) is 0. The molecule has 0 saturated heterocycles. The molecule has 0 saturated carbocycles. The molecule has 0 aromatic carbocycles. The van der Waals surface area contributed by atoms with Gasteiger partial charge in [0.2, 0.25) is 5.95 Å². The van der Waals surface area contributed by atoms with Gasteiger partial charge in [-0.15, -0.1) is 0 Å². The van der Waals surface area contributed by atoms with Crippen molar-refractivity contribution in [2.45, 2.75) is 20.8 Å². The van der Waals surface area contributed by atoms with Crippen LogP contribution < -0.4 is 0 Å². The van der Waals surface area contributed by atoms with Gasteiger partial charge < -0.3 is 5.11 Å². The molecule has 2 nitrogen and oxygen atoms in total. The number of nitrogens with zero attached hydrogens (tertiary/aromatic N) is 1. The smallest absolute Gasteiger partial charge is 0.213 e. The lowest BCUT2D eigenvalue weighted by molar-refractivity contribution is 0.462. The van der Waals surface area contributed by atoms with Gasteiger partial charge in [0.1, 0.15) is 5.75 Å². The Kier molecular flexibility index (Phi) is 4.18. The van der Waals surface area contributed by atoms with Crippen molar-refractivity contribution in [3.63, 3.8) is 0 Å². The Labute approximate surface area is 65.7 Å². The molecule has 0 unspecified atom stereocenters. The van der Waals surface area contributed by atoms with Crippen molar-refractivity contribution in [2.24, 2.45) is 0 Å². The van der Waals surface area contributed by atoms with E-state index in [1.54, 1.807) is 6.92 Å². The number of pyridine rings is 1. The molecule has 1 rings (SSSR count). The molecule has 0 bridgehead atoms. The molecule has 3 heteroatoms. The molecule has 0 radical (unpaired) electrons. The summed E-state index contributed by atoms with van der Waals surface area (Å²) in [5, 5.41) is 8.81. The average Bonchev–Trinajstić information content (AvgIpc) is 2.02. The van der Waals surface area contributed by atoms with Crippen LogP contribution in [0.3, 0.4) is 0 Å². The predicted octanol–water partition coefficient (Wildman–Crippen LogP) is 2.26. The highest BCUT2D eigenvalue weighted by Crippen LogP contribution is 2.12. The van der Waals surface area contributed by atoms with Crippen LogP contribution in [0.25, 0.3) is 0 Å². The van der Waals surface area contributed by atoms with Gasteiger partial charge in [-0.25, -0.2) is 4.98 Å². The quantitative estimate of drug-likeness (QED) is 0.586. The van der Waals surface area contributed by atoms with Gasteiger partial charge in [0.15, 0.2) is 0 Å². The van der Waals surface area contributed by atoms with Crippen LogP contribution in [0.4, 0.5) is 4.39 Å². The molecule has 1 aromatic rings. The fraction of sp³-hybridized carbons (Fsp3) is 0.375. The largest absolute Gasteiger partial charge is 0.506 e. The molecule has 0 aliphatic rings. The fourth-order valence-corrected chi connectivity index (χ4v) is 0.514. The first-order chi connectivity index (χ1) is 5.20. The zero-order valence-corrected chi connectivity index (χ0v) is 6.93. The maximum Gasteiger partial charge on any atom is 0.213 e. The highest BCUT2D eigenvalue weighted by Gasteiger charge is 1.95. The first-order valence-electron chi connectivity index (χ1n) is 3.51. The summed E-state index contributed by atoms with van der Waals surface area (Å²) in [5.41, 5.74) is 0.502. The lowest BCUT2D eigenvalue weighted by Crippen LogP contribution is -1.82. The third kappa shape index (κ3) is 2.98. The molecular formula is C8H12FNO. The monoisotopic (exact) mass is 157 g/mol. The second kappa shape index (κ2) is 4.66. The van der Waals surface area contributed by atoms with Crippen LogP contribution in [-0.4, -0.2) is 10.1 Å². The Morgan fingerprint density at radius 3 is 2.36 bits per heavy atom. The molecule has 1 N–H and O–H groups in total. The van der Waals surface area contributed by atoms with Crippen molar-refractivity contribution in [3.05, 3.63) is 23.8 Å². The van der Waals surface area contributed by atoms with E-state index in [-0.39, 0.29) is 5.75 Å². The maximum atomic E-state index is 12.1. The summed E-state index contributed by atoms with van der Waals surface area (Å²) < 4.78 is 12.1. The van der Waals surface area contributed by atoms with Crippen LogP contribution in [0, 0.1) is 12.9 Å². The number of rotatable bonds is 0. The number of aryl methyl sites for hydroxylation is 1. The van der Waals surface area contributed by atoms with Gasteiger partial charge in [-0.05, 0) is 18.6 Å². The summed E-state index contributed by atoms with van der Waals surface area (Å²) in [6.45, 7) is 5.61. The van der Waals surface area contributed by atoms with E-state index in [0.717, 1.165) is 6.20 Å². The number of aromatic hydroxyl groups is 1. The lowest BCUT2D eigenvalue weighted by atomic mass is 10.3. The fourth-order valence-electron chi connectivity index (χ4n) is 0.514. The molecule has 62 valence electrons. The van der Waals surface area contributed by atoms with E-state index in [4.69, 9.17) is 5.11 Å². The molecular weight excluding hydrogens is 145 g/mol. The van der Waals surface area contributed by atoms with E-state index in [0.29, 0.717) is 5.56 Å². The van der Waals surface area contributed by atoms with Crippen LogP contribution in [0.1, 0.15) is 19.4 Å². The summed E-state index contributed by atoms with van der Waals surface area (Å²) in [4.78, 5) is 3.22. The van der Waals surface area contributed by atoms with Crippen molar-refractivity contribution in [3.8, 4) is 5.75 Å². The van der Waals surface area contributed by atoms with Gasteiger partial charge in [-0.2, -0.15) is 4.39 Å². The summed E-state index contributed by atoms with van der Waals surface area (Å²) in [6, 6.07) is 1.18. The van der Waals surface area contributed by atoms with Crippen molar-refractivity contribution >= 4 is 0 Å². The number of hydrogen-bond donors (Lipinski definition) is 1. The number of hydrogen-bond acceptors (Lipinski definition) is 2. The van der Waals surface area contributed by atoms with Gasteiger partial charge in [0, 0.05) is 0 Å². The predicted molar refractivity (Wildman–Crippen MR) is 41.9 cm³/mol. The Morgan fingerprint density at radius 2 is 2.00 bits per heavy atom. The maximum absolute atomic E-state index is 12.1. The topological polar surface area (TPSA) is 33.1 Å². The van der Waals surface area contributed by atoms with Crippen LogP contribution in [0.15, 0.2) is 12.3 Å². The van der Waals surface area contributed by atoms with Crippen LogP contribution in [0.5, 0.6) is 5.75 Å². The molecule has 1 aromatic heterocycles. The Balaban J connectivity index is 0.000000461. The minimum atomic E-state index is -0.565. The van der Waals surface area contributed by atoms with Crippen molar-refractivity contribution in [2.75, 3.05) is 0 Å². The number of halogens is 1. The van der Waals surface area contributed by atoms with E-state index in [1.165, 1.54) is 6.07 Å². The highest BCUT2D eigenvalue weighted by atomic mass is 19.1. The first kappa shape index (κ1) is 9.88. The zero-order valence-electron chi connectivity index (χ0n) is 6.93. The molecule has 11 heavy (non-hydrogen) atoms. The Morgan fingerprint density at radius 1 is 1.45 bits per heavy atom. The van der Waals surface area contributed by atoms with Gasteiger partial charge in [0.25, 0.3) is 0 Å². The highest BCUT2D eigenvalue weighted by molar-refractivity contribution is 5.26.